The van der Waals surface area contributed by atoms with Gasteiger partial charge in [0, 0.05) is 23.7 Å². The van der Waals surface area contributed by atoms with Crippen molar-refractivity contribution in [1.82, 2.24) is 15.0 Å². The largest absolute Gasteiger partial charge is 0.497 e. The Morgan fingerprint density at radius 1 is 0.968 bits per heavy atom. The van der Waals surface area contributed by atoms with Gasteiger partial charge in [-0.2, -0.15) is 13.2 Å². The first-order chi connectivity index (χ1) is 15.0. The summed E-state index contributed by atoms with van der Waals surface area (Å²) in [4.78, 5) is 12.5. The van der Waals surface area contributed by atoms with E-state index >= 15 is 0 Å². The fourth-order valence-corrected chi connectivity index (χ4v) is 3.36. The molecule has 0 aliphatic carbocycles. The van der Waals surface area contributed by atoms with Crippen molar-refractivity contribution < 1.29 is 17.9 Å². The number of aromatic nitrogens is 3. The highest BCUT2D eigenvalue weighted by Gasteiger charge is 2.34. The molecule has 0 radical (unpaired) electrons. The molecule has 2 aromatic carbocycles. The molecular formula is C23H19F3N4O. The summed E-state index contributed by atoms with van der Waals surface area (Å²) in [5.41, 5.74) is 1.10. The zero-order chi connectivity index (χ0) is 21.8. The van der Waals surface area contributed by atoms with Gasteiger partial charge in [0.15, 0.2) is 0 Å². The Kier molecular flexibility index (Phi) is 5.70. The number of halogens is 3. The molecule has 1 N–H and O–H groups in total. The second-order valence-electron chi connectivity index (χ2n) is 6.88. The average Bonchev–Trinajstić information content (AvgIpc) is 2.78. The lowest BCUT2D eigenvalue weighted by molar-refractivity contribution is -0.137. The highest BCUT2D eigenvalue weighted by Crippen LogP contribution is 2.36. The third-order valence-corrected chi connectivity index (χ3v) is 4.86. The molecule has 0 bridgehead atoms. The number of rotatable bonds is 6. The van der Waals surface area contributed by atoms with Crippen LogP contribution in [0.2, 0.25) is 0 Å². The van der Waals surface area contributed by atoms with Gasteiger partial charge in [-0.3, -0.25) is 4.98 Å². The van der Waals surface area contributed by atoms with Gasteiger partial charge in [-0.25, -0.2) is 9.97 Å². The summed E-state index contributed by atoms with van der Waals surface area (Å²) < 4.78 is 45.3. The van der Waals surface area contributed by atoms with Crippen LogP contribution in [0.15, 0.2) is 67.1 Å². The van der Waals surface area contributed by atoms with Crippen LogP contribution in [0.3, 0.4) is 0 Å². The Labute approximate surface area is 177 Å². The van der Waals surface area contributed by atoms with Crippen molar-refractivity contribution in [3.05, 3.63) is 78.2 Å². The number of alkyl halides is 3. The molecule has 4 rings (SSSR count). The Hall–Kier alpha value is -3.68. The van der Waals surface area contributed by atoms with Crippen molar-refractivity contribution in [3.8, 4) is 17.0 Å². The van der Waals surface area contributed by atoms with E-state index in [0.717, 1.165) is 29.2 Å². The predicted octanol–water partition coefficient (Wildman–Crippen LogP) is 5.37. The van der Waals surface area contributed by atoms with E-state index in [-0.39, 0.29) is 5.69 Å². The standard InChI is InChI=1S/C23H19F3N4O/c1-31-17-5-2-4-15(12-17)9-11-28-22-18-8-7-16(13-20(18)29-14-30-22)21-19(23(24,25)26)6-3-10-27-21/h2-8,10,12-14H,9,11H2,1H3,(H,28,29,30). The van der Waals surface area contributed by atoms with Gasteiger partial charge in [-0.05, 0) is 48.4 Å². The van der Waals surface area contributed by atoms with Gasteiger partial charge >= 0.3 is 6.18 Å². The van der Waals surface area contributed by atoms with Crippen LogP contribution in [0.1, 0.15) is 11.1 Å². The Balaban J connectivity index is 1.58. The number of benzene rings is 2. The second kappa shape index (κ2) is 8.59. The van der Waals surface area contributed by atoms with Gasteiger partial charge in [0.1, 0.15) is 17.9 Å². The van der Waals surface area contributed by atoms with Gasteiger partial charge in [0.05, 0.1) is 23.9 Å². The molecule has 8 heteroatoms. The molecule has 2 heterocycles. The molecule has 0 atom stereocenters. The number of methoxy groups -OCH3 is 1. The molecule has 4 aromatic rings. The number of hydrogen-bond donors (Lipinski definition) is 1. The zero-order valence-electron chi connectivity index (χ0n) is 16.6. The number of pyridine rings is 1. The molecule has 0 spiro atoms. The van der Waals surface area contributed by atoms with E-state index in [2.05, 4.69) is 20.3 Å². The van der Waals surface area contributed by atoms with Crippen LogP contribution in [-0.4, -0.2) is 28.6 Å². The van der Waals surface area contributed by atoms with Crippen LogP contribution < -0.4 is 10.1 Å². The maximum absolute atomic E-state index is 13.4. The van der Waals surface area contributed by atoms with Crippen LogP contribution in [0.5, 0.6) is 5.75 Å². The normalized spacial score (nSPS) is 11.5. The topological polar surface area (TPSA) is 59.9 Å². The van der Waals surface area contributed by atoms with Gasteiger partial charge in [0.25, 0.3) is 0 Å². The third kappa shape index (κ3) is 4.58. The van der Waals surface area contributed by atoms with Crippen molar-refractivity contribution in [2.24, 2.45) is 0 Å². The fraction of sp³-hybridized carbons (Fsp3) is 0.174. The van der Waals surface area contributed by atoms with Crippen molar-refractivity contribution in [1.29, 1.82) is 0 Å². The van der Waals surface area contributed by atoms with E-state index in [1.54, 1.807) is 25.3 Å². The molecule has 2 aromatic heterocycles. The second-order valence-corrected chi connectivity index (χ2v) is 6.88. The maximum Gasteiger partial charge on any atom is 0.418 e. The maximum atomic E-state index is 13.4. The van der Waals surface area contributed by atoms with E-state index in [4.69, 9.17) is 4.74 Å². The summed E-state index contributed by atoms with van der Waals surface area (Å²) in [6.45, 7) is 0.624. The number of anilines is 1. The first kappa shape index (κ1) is 20.6. The molecule has 31 heavy (non-hydrogen) atoms. The Morgan fingerprint density at radius 2 is 1.84 bits per heavy atom. The van der Waals surface area contributed by atoms with Crippen LogP contribution in [0, 0.1) is 0 Å². The minimum absolute atomic E-state index is 0.122. The summed E-state index contributed by atoms with van der Waals surface area (Å²) in [5.74, 6) is 1.42. The van der Waals surface area contributed by atoms with Crippen molar-refractivity contribution in [2.75, 3.05) is 19.0 Å². The predicted molar refractivity (Wildman–Crippen MR) is 113 cm³/mol. The number of hydrogen-bond acceptors (Lipinski definition) is 5. The van der Waals surface area contributed by atoms with E-state index in [9.17, 15) is 13.2 Å². The van der Waals surface area contributed by atoms with Crippen LogP contribution in [0.25, 0.3) is 22.2 Å². The van der Waals surface area contributed by atoms with E-state index in [1.165, 1.54) is 18.6 Å². The van der Waals surface area contributed by atoms with Crippen LogP contribution in [0.4, 0.5) is 19.0 Å². The van der Waals surface area contributed by atoms with Crippen LogP contribution >= 0.6 is 0 Å². The first-order valence-electron chi connectivity index (χ1n) is 9.60. The third-order valence-electron chi connectivity index (χ3n) is 4.86. The smallest absolute Gasteiger partial charge is 0.418 e. The number of fused-ring (bicyclic) bond motifs is 1. The van der Waals surface area contributed by atoms with Crippen molar-refractivity contribution in [3.63, 3.8) is 0 Å². The lowest BCUT2D eigenvalue weighted by atomic mass is 10.0. The molecule has 0 aliphatic heterocycles. The molecule has 0 amide bonds. The number of ether oxygens (including phenoxy) is 1. The highest BCUT2D eigenvalue weighted by molar-refractivity contribution is 5.91. The molecule has 0 unspecified atom stereocenters. The number of nitrogens with zero attached hydrogens (tertiary/aromatic N) is 3. The van der Waals surface area contributed by atoms with Crippen molar-refractivity contribution in [2.45, 2.75) is 12.6 Å². The Morgan fingerprint density at radius 3 is 2.65 bits per heavy atom. The zero-order valence-corrected chi connectivity index (χ0v) is 16.6. The van der Waals surface area contributed by atoms with E-state index in [0.29, 0.717) is 23.4 Å². The molecule has 0 aliphatic rings. The fourth-order valence-electron chi connectivity index (χ4n) is 3.36. The molecule has 0 fully saturated rings. The molecule has 0 saturated heterocycles. The monoisotopic (exact) mass is 424 g/mol. The summed E-state index contributed by atoms with van der Waals surface area (Å²) in [5, 5.41) is 4.00. The quantitative estimate of drug-likeness (QED) is 0.451. The molecular weight excluding hydrogens is 405 g/mol. The highest BCUT2D eigenvalue weighted by atomic mass is 19.4. The van der Waals surface area contributed by atoms with Gasteiger partial charge in [-0.15, -0.1) is 0 Å². The first-order valence-corrected chi connectivity index (χ1v) is 9.60. The lowest BCUT2D eigenvalue weighted by Crippen LogP contribution is -2.08. The van der Waals surface area contributed by atoms with E-state index in [1.807, 2.05) is 24.3 Å². The molecule has 0 saturated carbocycles. The summed E-state index contributed by atoms with van der Waals surface area (Å²) in [7, 11) is 1.63. The number of nitrogens with one attached hydrogen (secondary N) is 1. The summed E-state index contributed by atoms with van der Waals surface area (Å²) >= 11 is 0. The summed E-state index contributed by atoms with van der Waals surface area (Å²) in [6, 6.07) is 15.0. The van der Waals surface area contributed by atoms with Gasteiger partial charge in [-0.1, -0.05) is 18.2 Å². The van der Waals surface area contributed by atoms with Crippen LogP contribution in [-0.2, 0) is 12.6 Å². The minimum Gasteiger partial charge on any atom is -0.497 e. The molecule has 5 nitrogen and oxygen atoms in total. The van der Waals surface area contributed by atoms with Gasteiger partial charge < -0.3 is 10.1 Å². The SMILES string of the molecule is COc1cccc(CCNc2ncnc3cc(-c4ncccc4C(F)(F)F)ccc23)c1. The minimum atomic E-state index is -4.49. The summed E-state index contributed by atoms with van der Waals surface area (Å²) in [6.07, 6.45) is -0.996. The average molecular weight is 424 g/mol. The van der Waals surface area contributed by atoms with Crippen molar-refractivity contribution >= 4 is 16.7 Å². The van der Waals surface area contributed by atoms with E-state index < -0.39 is 11.7 Å². The molecule has 158 valence electrons. The Bertz CT molecular complexity index is 1210. The lowest BCUT2D eigenvalue weighted by Gasteiger charge is -2.13. The van der Waals surface area contributed by atoms with Gasteiger partial charge in [0.2, 0.25) is 0 Å².